The summed E-state index contributed by atoms with van der Waals surface area (Å²) in [6.45, 7) is 1.98. The molecule has 2 rings (SSSR count). The summed E-state index contributed by atoms with van der Waals surface area (Å²) in [5, 5.41) is 3.89. The Kier molecular flexibility index (Phi) is 3.88. The van der Waals surface area contributed by atoms with E-state index in [1.165, 1.54) is 5.56 Å². The van der Waals surface area contributed by atoms with Gasteiger partial charge < -0.3 is 10.3 Å². The summed E-state index contributed by atoms with van der Waals surface area (Å²) < 4.78 is 5.05. The van der Waals surface area contributed by atoms with Crippen LogP contribution in [-0.2, 0) is 12.8 Å². The molecule has 0 aliphatic heterocycles. The molecule has 0 aliphatic rings. The van der Waals surface area contributed by atoms with Crippen LogP contribution in [-0.4, -0.2) is 10.1 Å². The van der Waals surface area contributed by atoms with Crippen LogP contribution in [0.3, 0.4) is 0 Å². The number of nitrogens with zero attached hydrogens (tertiary/aromatic N) is 2. The smallest absolute Gasteiger partial charge is 0.226 e. The van der Waals surface area contributed by atoms with E-state index in [0.717, 1.165) is 19.3 Å². The average Bonchev–Trinajstić information content (AvgIpc) is 2.86. The Morgan fingerprint density at radius 3 is 2.71 bits per heavy atom. The topological polar surface area (TPSA) is 64.9 Å². The number of rotatable bonds is 5. The van der Waals surface area contributed by atoms with Crippen LogP contribution in [0.25, 0.3) is 0 Å². The Bertz CT molecular complexity index is 453. The number of hydrogen-bond acceptors (Lipinski definition) is 4. The van der Waals surface area contributed by atoms with E-state index < -0.39 is 0 Å². The fourth-order valence-electron chi connectivity index (χ4n) is 1.66. The van der Waals surface area contributed by atoms with Gasteiger partial charge in [-0.25, -0.2) is 0 Å². The molecule has 2 N–H and O–H groups in total. The van der Waals surface area contributed by atoms with Gasteiger partial charge in [-0.1, -0.05) is 42.4 Å². The fraction of sp³-hybridized carbons (Fsp3) is 0.385. The first-order chi connectivity index (χ1) is 8.29. The Morgan fingerprint density at radius 2 is 2.06 bits per heavy atom. The zero-order valence-electron chi connectivity index (χ0n) is 9.97. The predicted octanol–water partition coefficient (Wildman–Crippen LogP) is 2.26. The largest absolute Gasteiger partial charge is 0.339 e. The second-order valence-corrected chi connectivity index (χ2v) is 4.03. The first kappa shape index (κ1) is 11.8. The first-order valence-corrected chi connectivity index (χ1v) is 5.91. The summed E-state index contributed by atoms with van der Waals surface area (Å²) in [4.78, 5) is 4.24. The van der Waals surface area contributed by atoms with Crippen molar-refractivity contribution in [2.75, 3.05) is 0 Å². The number of hydrogen-bond donors (Lipinski definition) is 1. The van der Waals surface area contributed by atoms with Crippen LogP contribution in [0.5, 0.6) is 0 Å². The van der Waals surface area contributed by atoms with Crippen molar-refractivity contribution in [3.63, 3.8) is 0 Å². The lowest BCUT2D eigenvalue weighted by Gasteiger charge is -2.06. The molecule has 4 nitrogen and oxygen atoms in total. The molecular weight excluding hydrogens is 214 g/mol. The molecule has 0 spiro atoms. The minimum Gasteiger partial charge on any atom is -0.339 e. The lowest BCUT2D eigenvalue weighted by Crippen LogP contribution is -2.13. The zero-order chi connectivity index (χ0) is 12.1. The molecule has 1 heterocycles. The molecule has 1 aromatic heterocycles. The molecular formula is C13H17N3O. The van der Waals surface area contributed by atoms with Crippen molar-refractivity contribution < 1.29 is 4.52 Å². The van der Waals surface area contributed by atoms with Gasteiger partial charge in [0.25, 0.3) is 0 Å². The predicted molar refractivity (Wildman–Crippen MR) is 65.4 cm³/mol. The van der Waals surface area contributed by atoms with Crippen LogP contribution in [0.2, 0.25) is 0 Å². The van der Waals surface area contributed by atoms with E-state index >= 15 is 0 Å². The van der Waals surface area contributed by atoms with Crippen molar-refractivity contribution in [2.45, 2.75) is 32.2 Å². The van der Waals surface area contributed by atoms with Crippen LogP contribution < -0.4 is 5.73 Å². The van der Waals surface area contributed by atoms with E-state index in [9.17, 15) is 0 Å². The maximum atomic E-state index is 6.03. The number of aryl methyl sites for hydroxylation is 2. The van der Waals surface area contributed by atoms with Gasteiger partial charge in [0.15, 0.2) is 5.82 Å². The highest BCUT2D eigenvalue weighted by molar-refractivity contribution is 5.15. The maximum Gasteiger partial charge on any atom is 0.226 e. The van der Waals surface area contributed by atoms with Crippen LogP contribution in [0.15, 0.2) is 34.9 Å². The lowest BCUT2D eigenvalue weighted by atomic mass is 10.1. The summed E-state index contributed by atoms with van der Waals surface area (Å²) in [5.41, 5.74) is 7.31. The molecule has 1 aromatic carbocycles. The summed E-state index contributed by atoms with van der Waals surface area (Å²) in [6.07, 6.45) is 2.50. The monoisotopic (exact) mass is 231 g/mol. The number of benzene rings is 1. The van der Waals surface area contributed by atoms with Crippen LogP contribution in [0.1, 0.15) is 36.7 Å². The standard InChI is InChI=1S/C13H17N3O/c1-2-12-15-13(16-17-12)11(14)9-8-10-6-4-3-5-7-10/h3-7,11H,2,8-9,14H2,1H3. The molecule has 0 aliphatic carbocycles. The quantitative estimate of drug-likeness (QED) is 0.857. The van der Waals surface area contributed by atoms with Crippen LogP contribution in [0.4, 0.5) is 0 Å². The van der Waals surface area contributed by atoms with Gasteiger partial charge in [0.2, 0.25) is 5.89 Å². The Morgan fingerprint density at radius 1 is 1.29 bits per heavy atom. The molecule has 0 saturated heterocycles. The zero-order valence-corrected chi connectivity index (χ0v) is 9.97. The molecule has 0 amide bonds. The van der Waals surface area contributed by atoms with Crippen LogP contribution >= 0.6 is 0 Å². The molecule has 0 bridgehead atoms. The molecule has 1 atom stereocenters. The highest BCUT2D eigenvalue weighted by atomic mass is 16.5. The molecule has 0 fully saturated rings. The fourth-order valence-corrected chi connectivity index (χ4v) is 1.66. The Balaban J connectivity index is 1.91. The number of nitrogens with two attached hydrogens (primary N) is 1. The maximum absolute atomic E-state index is 6.03. The molecule has 17 heavy (non-hydrogen) atoms. The van der Waals surface area contributed by atoms with E-state index in [0.29, 0.717) is 11.7 Å². The van der Waals surface area contributed by atoms with Crippen LogP contribution in [0, 0.1) is 0 Å². The summed E-state index contributed by atoms with van der Waals surface area (Å²) in [6, 6.07) is 10.1. The third-order valence-corrected chi connectivity index (χ3v) is 2.70. The third kappa shape index (κ3) is 3.14. The number of aromatic nitrogens is 2. The lowest BCUT2D eigenvalue weighted by molar-refractivity contribution is 0.372. The highest BCUT2D eigenvalue weighted by Gasteiger charge is 2.13. The van der Waals surface area contributed by atoms with Crippen molar-refractivity contribution in [2.24, 2.45) is 5.73 Å². The minimum absolute atomic E-state index is 0.153. The second-order valence-electron chi connectivity index (χ2n) is 4.03. The first-order valence-electron chi connectivity index (χ1n) is 5.91. The van der Waals surface area contributed by atoms with Gasteiger partial charge >= 0.3 is 0 Å². The third-order valence-electron chi connectivity index (χ3n) is 2.70. The molecule has 90 valence electrons. The average molecular weight is 231 g/mol. The van der Waals surface area contributed by atoms with Gasteiger partial charge in [-0.15, -0.1) is 0 Å². The van der Waals surface area contributed by atoms with Crippen molar-refractivity contribution in [3.8, 4) is 0 Å². The van der Waals surface area contributed by atoms with Crippen molar-refractivity contribution in [3.05, 3.63) is 47.6 Å². The highest BCUT2D eigenvalue weighted by Crippen LogP contribution is 2.14. The molecule has 0 saturated carbocycles. The van der Waals surface area contributed by atoms with Crippen molar-refractivity contribution in [1.82, 2.24) is 10.1 Å². The van der Waals surface area contributed by atoms with Gasteiger partial charge in [-0.05, 0) is 18.4 Å². The van der Waals surface area contributed by atoms with E-state index in [2.05, 4.69) is 22.3 Å². The van der Waals surface area contributed by atoms with E-state index in [4.69, 9.17) is 10.3 Å². The SMILES string of the molecule is CCc1nc(C(N)CCc2ccccc2)no1. The Hall–Kier alpha value is -1.68. The van der Waals surface area contributed by atoms with Gasteiger partial charge in [-0.2, -0.15) is 4.98 Å². The van der Waals surface area contributed by atoms with Gasteiger partial charge in [0.05, 0.1) is 6.04 Å². The van der Waals surface area contributed by atoms with Gasteiger partial charge in [0.1, 0.15) is 0 Å². The van der Waals surface area contributed by atoms with E-state index in [1.807, 2.05) is 25.1 Å². The normalized spacial score (nSPS) is 12.6. The van der Waals surface area contributed by atoms with E-state index in [-0.39, 0.29) is 6.04 Å². The van der Waals surface area contributed by atoms with Gasteiger partial charge in [0, 0.05) is 6.42 Å². The van der Waals surface area contributed by atoms with E-state index in [1.54, 1.807) is 0 Å². The summed E-state index contributed by atoms with van der Waals surface area (Å²) in [5.74, 6) is 1.26. The second kappa shape index (κ2) is 5.59. The molecule has 1 unspecified atom stereocenters. The Labute approximate surface area is 101 Å². The molecule has 0 radical (unpaired) electrons. The minimum atomic E-state index is -0.153. The molecule has 2 aromatic rings. The molecule has 4 heteroatoms. The van der Waals surface area contributed by atoms with Crippen molar-refractivity contribution >= 4 is 0 Å². The van der Waals surface area contributed by atoms with Gasteiger partial charge in [-0.3, -0.25) is 0 Å². The summed E-state index contributed by atoms with van der Waals surface area (Å²) in [7, 11) is 0. The van der Waals surface area contributed by atoms with Crippen molar-refractivity contribution in [1.29, 1.82) is 0 Å². The summed E-state index contributed by atoms with van der Waals surface area (Å²) >= 11 is 0.